The molecule has 1 aromatic heterocycles. The Morgan fingerprint density at radius 3 is 2.17 bits per heavy atom. The predicted octanol–water partition coefficient (Wildman–Crippen LogP) is 4.17. The van der Waals surface area contributed by atoms with Crippen LogP contribution in [0, 0.1) is 5.41 Å². The number of aryl methyl sites for hydroxylation is 1. The van der Waals surface area contributed by atoms with E-state index in [0.29, 0.717) is 18.8 Å². The fourth-order valence-electron chi connectivity index (χ4n) is 2.76. The van der Waals surface area contributed by atoms with Crippen LogP contribution in [0.1, 0.15) is 13.3 Å². The number of para-hydroxylation sites is 2. The van der Waals surface area contributed by atoms with Gasteiger partial charge in [0.25, 0.3) is 0 Å². The number of hydrogen-bond acceptors (Lipinski definition) is 2. The van der Waals surface area contributed by atoms with Crippen LogP contribution in [0.15, 0.2) is 53.0 Å². The van der Waals surface area contributed by atoms with Gasteiger partial charge in [0, 0.05) is 11.0 Å². The predicted molar refractivity (Wildman–Crippen MR) is 95.7 cm³/mol. The van der Waals surface area contributed by atoms with Gasteiger partial charge in [-0.2, -0.15) is 0 Å². The van der Waals surface area contributed by atoms with Gasteiger partial charge in [0.15, 0.2) is 0 Å². The molecule has 3 aromatic rings. The van der Waals surface area contributed by atoms with E-state index < -0.39 is 0 Å². The zero-order valence-electron chi connectivity index (χ0n) is 13.1. The van der Waals surface area contributed by atoms with Crippen molar-refractivity contribution in [2.45, 2.75) is 26.4 Å². The lowest BCUT2D eigenvalue weighted by Gasteiger charge is -2.08. The fourth-order valence-corrected chi connectivity index (χ4v) is 3.02. The molecule has 0 amide bonds. The molecular formula is C18H20BrN3O. The lowest BCUT2D eigenvalue weighted by molar-refractivity contribution is 0.296. The molecule has 2 aromatic carbocycles. The van der Waals surface area contributed by atoms with E-state index in [1.54, 1.807) is 0 Å². The van der Waals surface area contributed by atoms with E-state index in [2.05, 4.69) is 39.6 Å². The van der Waals surface area contributed by atoms with Gasteiger partial charge in [-0.3, -0.25) is 5.41 Å². The summed E-state index contributed by atoms with van der Waals surface area (Å²) in [5.41, 5.74) is 2.74. The monoisotopic (exact) mass is 373 g/mol. The highest BCUT2D eigenvalue weighted by atomic mass is 79.9. The van der Waals surface area contributed by atoms with Gasteiger partial charge in [-0.25, -0.2) is 0 Å². The minimum atomic E-state index is 0.535. The average molecular weight is 374 g/mol. The maximum atomic E-state index is 8.45. The Labute approximate surface area is 144 Å². The first-order chi connectivity index (χ1) is 11.2. The fraction of sp³-hybridized carbons (Fsp3) is 0.278. The topological polar surface area (TPSA) is 42.9 Å². The summed E-state index contributed by atoms with van der Waals surface area (Å²) in [7, 11) is 0. The van der Waals surface area contributed by atoms with Crippen LogP contribution in [0.4, 0.5) is 0 Å². The number of fused-ring (bicyclic) bond motifs is 1. The van der Waals surface area contributed by atoms with Gasteiger partial charge in [0.1, 0.15) is 12.4 Å². The summed E-state index contributed by atoms with van der Waals surface area (Å²) in [5, 5.41) is 8.45. The van der Waals surface area contributed by atoms with E-state index in [9.17, 15) is 0 Å². The molecule has 0 fully saturated rings. The molecule has 23 heavy (non-hydrogen) atoms. The molecule has 3 rings (SSSR count). The maximum Gasteiger partial charge on any atom is 0.203 e. The molecule has 0 aliphatic heterocycles. The smallest absolute Gasteiger partial charge is 0.203 e. The number of rotatable bonds is 6. The quantitative estimate of drug-likeness (QED) is 0.691. The molecule has 0 unspecified atom stereocenters. The SMILES string of the molecule is CCCn1c(=N)n(CCOc2ccc(Br)cc2)c2ccccc21. The highest BCUT2D eigenvalue weighted by molar-refractivity contribution is 9.10. The van der Waals surface area contributed by atoms with Gasteiger partial charge in [0.2, 0.25) is 5.62 Å². The lowest BCUT2D eigenvalue weighted by atomic mass is 10.3. The average Bonchev–Trinajstić information content (AvgIpc) is 2.83. The Bertz CT molecular complexity index is 849. The number of nitrogens with zero attached hydrogens (tertiary/aromatic N) is 2. The largest absolute Gasteiger partial charge is 0.492 e. The maximum absolute atomic E-state index is 8.45. The van der Waals surface area contributed by atoms with Gasteiger partial charge in [-0.15, -0.1) is 0 Å². The molecule has 0 radical (unpaired) electrons. The molecule has 120 valence electrons. The van der Waals surface area contributed by atoms with E-state index in [-0.39, 0.29) is 0 Å². The summed E-state index contributed by atoms with van der Waals surface area (Å²) >= 11 is 3.42. The highest BCUT2D eigenvalue weighted by Crippen LogP contribution is 2.17. The first-order valence-corrected chi connectivity index (χ1v) is 8.61. The normalized spacial score (nSPS) is 11.0. The van der Waals surface area contributed by atoms with Gasteiger partial charge < -0.3 is 13.9 Å². The summed E-state index contributed by atoms with van der Waals surface area (Å²) < 4.78 is 10.9. The first kappa shape index (κ1) is 15.9. The highest BCUT2D eigenvalue weighted by Gasteiger charge is 2.09. The number of imidazole rings is 1. The second-order valence-corrected chi connectivity index (χ2v) is 6.33. The van der Waals surface area contributed by atoms with Crippen molar-refractivity contribution in [3.63, 3.8) is 0 Å². The van der Waals surface area contributed by atoms with Crippen molar-refractivity contribution in [2.24, 2.45) is 0 Å². The van der Waals surface area contributed by atoms with Gasteiger partial charge in [0.05, 0.1) is 17.6 Å². The molecule has 4 nitrogen and oxygen atoms in total. The standard InChI is InChI=1S/C18H20BrN3O/c1-2-11-21-16-5-3-4-6-17(16)22(18(21)20)12-13-23-15-9-7-14(19)8-10-15/h3-10,20H,2,11-13H2,1H3. The van der Waals surface area contributed by atoms with E-state index in [1.807, 2.05) is 41.0 Å². The molecule has 1 N–H and O–H groups in total. The first-order valence-electron chi connectivity index (χ1n) is 7.81. The molecule has 5 heteroatoms. The number of benzene rings is 2. The van der Waals surface area contributed by atoms with Crippen LogP contribution in [-0.2, 0) is 13.1 Å². The summed E-state index contributed by atoms with van der Waals surface area (Å²) in [4.78, 5) is 0. The van der Waals surface area contributed by atoms with Crippen molar-refractivity contribution in [3.8, 4) is 5.75 Å². The Kier molecular flexibility index (Phi) is 4.86. The van der Waals surface area contributed by atoms with Crippen LogP contribution in [0.5, 0.6) is 5.75 Å². The second kappa shape index (κ2) is 7.04. The third kappa shape index (κ3) is 3.34. The molecule has 0 bridgehead atoms. The van der Waals surface area contributed by atoms with Gasteiger partial charge in [-0.05, 0) is 42.8 Å². The van der Waals surface area contributed by atoms with Crippen molar-refractivity contribution in [2.75, 3.05) is 6.61 Å². The minimum Gasteiger partial charge on any atom is -0.492 e. The summed E-state index contributed by atoms with van der Waals surface area (Å²) in [5.74, 6) is 0.845. The molecular weight excluding hydrogens is 354 g/mol. The second-order valence-electron chi connectivity index (χ2n) is 5.42. The van der Waals surface area contributed by atoms with Crippen molar-refractivity contribution in [1.82, 2.24) is 9.13 Å². The number of halogens is 1. The van der Waals surface area contributed by atoms with E-state index in [1.165, 1.54) is 0 Å². The zero-order valence-corrected chi connectivity index (χ0v) is 14.7. The molecule has 0 spiro atoms. The van der Waals surface area contributed by atoms with Crippen LogP contribution in [0.25, 0.3) is 11.0 Å². The summed E-state index contributed by atoms with van der Waals surface area (Å²) in [6.45, 7) is 4.19. The lowest BCUT2D eigenvalue weighted by Crippen LogP contribution is -2.26. The Morgan fingerprint density at radius 2 is 1.57 bits per heavy atom. The zero-order chi connectivity index (χ0) is 16.2. The number of aromatic nitrogens is 2. The molecule has 0 aliphatic rings. The molecule has 0 aliphatic carbocycles. The van der Waals surface area contributed by atoms with Crippen LogP contribution < -0.4 is 10.4 Å². The Hall–Kier alpha value is -2.01. The van der Waals surface area contributed by atoms with Crippen molar-refractivity contribution in [1.29, 1.82) is 5.41 Å². The third-order valence-corrected chi connectivity index (χ3v) is 4.35. The number of hydrogen-bond donors (Lipinski definition) is 1. The molecule has 1 heterocycles. The van der Waals surface area contributed by atoms with Gasteiger partial charge >= 0.3 is 0 Å². The van der Waals surface area contributed by atoms with E-state index in [4.69, 9.17) is 10.1 Å². The molecule has 0 atom stereocenters. The molecule has 0 saturated heterocycles. The van der Waals surface area contributed by atoms with Crippen molar-refractivity contribution < 1.29 is 4.74 Å². The van der Waals surface area contributed by atoms with Crippen LogP contribution >= 0.6 is 15.9 Å². The minimum absolute atomic E-state index is 0.535. The van der Waals surface area contributed by atoms with Crippen molar-refractivity contribution in [3.05, 3.63) is 58.6 Å². The number of nitrogens with one attached hydrogen (secondary N) is 1. The van der Waals surface area contributed by atoms with Crippen LogP contribution in [0.3, 0.4) is 0 Å². The summed E-state index contributed by atoms with van der Waals surface area (Å²) in [6.07, 6.45) is 1.01. The third-order valence-electron chi connectivity index (χ3n) is 3.82. The van der Waals surface area contributed by atoms with Crippen molar-refractivity contribution >= 4 is 27.0 Å². The Balaban J connectivity index is 1.81. The van der Waals surface area contributed by atoms with Gasteiger partial charge in [-0.1, -0.05) is 35.0 Å². The summed E-state index contributed by atoms with van der Waals surface area (Å²) in [6, 6.07) is 16.0. The Morgan fingerprint density at radius 1 is 0.957 bits per heavy atom. The number of ether oxygens (including phenoxy) is 1. The van der Waals surface area contributed by atoms with E-state index >= 15 is 0 Å². The van der Waals surface area contributed by atoms with Crippen LogP contribution in [0.2, 0.25) is 0 Å². The molecule has 0 saturated carbocycles. The van der Waals surface area contributed by atoms with Crippen LogP contribution in [-0.4, -0.2) is 15.7 Å². The van der Waals surface area contributed by atoms with E-state index in [0.717, 1.165) is 34.2 Å².